The number of hydrogen-bond donors (Lipinski definition) is 1. The SMILES string of the molecule is CC1CCCC(NC(=O)CCn2ccc3cc(S(=O)(=O)N4CCCC4)ccc32)C1C. The van der Waals surface area contributed by atoms with Gasteiger partial charge < -0.3 is 9.88 Å². The van der Waals surface area contributed by atoms with E-state index >= 15 is 0 Å². The normalized spacial score (nSPS) is 25.6. The van der Waals surface area contributed by atoms with Crippen molar-refractivity contribution >= 4 is 26.8 Å². The number of rotatable bonds is 6. The largest absolute Gasteiger partial charge is 0.353 e. The van der Waals surface area contributed by atoms with E-state index in [2.05, 4.69) is 19.2 Å². The lowest BCUT2D eigenvalue weighted by atomic mass is 9.78. The van der Waals surface area contributed by atoms with Crippen LogP contribution in [0, 0.1) is 11.8 Å². The summed E-state index contributed by atoms with van der Waals surface area (Å²) in [7, 11) is -3.41. The lowest BCUT2D eigenvalue weighted by molar-refractivity contribution is -0.122. The Morgan fingerprint density at radius 2 is 1.87 bits per heavy atom. The molecule has 30 heavy (non-hydrogen) atoms. The molecule has 2 aromatic rings. The Balaban J connectivity index is 1.41. The van der Waals surface area contributed by atoms with E-state index < -0.39 is 10.0 Å². The lowest BCUT2D eigenvalue weighted by Crippen LogP contribution is -2.43. The van der Waals surface area contributed by atoms with Crippen molar-refractivity contribution in [3.8, 4) is 0 Å². The van der Waals surface area contributed by atoms with Gasteiger partial charge in [-0.3, -0.25) is 4.79 Å². The molecule has 1 amide bonds. The van der Waals surface area contributed by atoms with Gasteiger partial charge in [0.15, 0.2) is 0 Å². The molecule has 1 aromatic heterocycles. The van der Waals surface area contributed by atoms with Gasteiger partial charge in [-0.15, -0.1) is 0 Å². The summed E-state index contributed by atoms with van der Waals surface area (Å²) in [5.41, 5.74) is 0.961. The first-order valence-electron chi connectivity index (χ1n) is 11.2. The number of aryl methyl sites for hydroxylation is 1. The molecule has 6 nitrogen and oxygen atoms in total. The van der Waals surface area contributed by atoms with Crippen LogP contribution in [0.25, 0.3) is 10.9 Å². The van der Waals surface area contributed by atoms with Gasteiger partial charge >= 0.3 is 0 Å². The standard InChI is InChI=1S/C23H33N3O3S/c1-17-6-5-7-21(18(17)2)24-23(27)11-15-25-14-10-19-16-20(8-9-22(19)25)30(28,29)26-12-3-4-13-26/h8-10,14,16-18,21H,3-7,11-13,15H2,1-2H3,(H,24,27). The summed E-state index contributed by atoms with van der Waals surface area (Å²) in [4.78, 5) is 12.9. The van der Waals surface area contributed by atoms with Crippen molar-refractivity contribution in [3.05, 3.63) is 30.5 Å². The Kier molecular flexibility index (Phi) is 6.21. The highest BCUT2D eigenvalue weighted by Gasteiger charge is 2.29. The molecular formula is C23H33N3O3S. The zero-order chi connectivity index (χ0) is 21.3. The van der Waals surface area contributed by atoms with Crippen molar-refractivity contribution in [1.29, 1.82) is 0 Å². The average Bonchev–Trinajstić information content (AvgIpc) is 3.40. The third-order valence-corrected chi connectivity index (χ3v) is 8.97. The van der Waals surface area contributed by atoms with Gasteiger partial charge in [0.2, 0.25) is 15.9 Å². The molecule has 4 rings (SSSR count). The average molecular weight is 432 g/mol. The number of amides is 1. The monoisotopic (exact) mass is 431 g/mol. The second-order valence-electron chi connectivity index (χ2n) is 9.03. The number of aromatic nitrogens is 1. The lowest BCUT2D eigenvalue weighted by Gasteiger charge is -2.34. The number of hydrogen-bond acceptors (Lipinski definition) is 3. The summed E-state index contributed by atoms with van der Waals surface area (Å²) in [6.45, 7) is 6.31. The molecule has 0 bridgehead atoms. The van der Waals surface area contributed by atoms with Crippen LogP contribution >= 0.6 is 0 Å². The quantitative estimate of drug-likeness (QED) is 0.757. The number of benzene rings is 1. The van der Waals surface area contributed by atoms with Gasteiger partial charge in [0.1, 0.15) is 0 Å². The van der Waals surface area contributed by atoms with Crippen LogP contribution in [0.5, 0.6) is 0 Å². The molecule has 2 fully saturated rings. The van der Waals surface area contributed by atoms with Crippen molar-refractivity contribution < 1.29 is 13.2 Å². The third-order valence-electron chi connectivity index (χ3n) is 7.08. The van der Waals surface area contributed by atoms with Gasteiger partial charge in [-0.25, -0.2) is 8.42 Å². The van der Waals surface area contributed by atoms with E-state index in [0.717, 1.165) is 30.2 Å². The molecule has 1 N–H and O–H groups in total. The fourth-order valence-electron chi connectivity index (χ4n) is 4.90. The van der Waals surface area contributed by atoms with E-state index in [0.29, 0.717) is 42.8 Å². The minimum Gasteiger partial charge on any atom is -0.353 e. The Morgan fingerprint density at radius 3 is 2.63 bits per heavy atom. The second-order valence-corrected chi connectivity index (χ2v) is 11.0. The minimum atomic E-state index is -3.41. The molecule has 164 valence electrons. The number of carbonyl (C=O) groups excluding carboxylic acids is 1. The number of nitrogens with zero attached hydrogens (tertiary/aromatic N) is 2. The van der Waals surface area contributed by atoms with E-state index in [1.54, 1.807) is 16.4 Å². The van der Waals surface area contributed by atoms with Crippen LogP contribution in [0.15, 0.2) is 35.4 Å². The van der Waals surface area contributed by atoms with Crippen LogP contribution in [-0.4, -0.2) is 42.3 Å². The predicted molar refractivity (Wildman–Crippen MR) is 119 cm³/mol. The molecule has 1 saturated carbocycles. The second kappa shape index (κ2) is 8.71. The maximum absolute atomic E-state index is 12.8. The highest BCUT2D eigenvalue weighted by molar-refractivity contribution is 7.89. The first-order valence-corrected chi connectivity index (χ1v) is 12.7. The van der Waals surface area contributed by atoms with Gasteiger partial charge in [0, 0.05) is 49.2 Å². The highest BCUT2D eigenvalue weighted by Crippen LogP contribution is 2.29. The summed E-state index contributed by atoms with van der Waals surface area (Å²) in [6, 6.07) is 7.52. The molecule has 0 spiro atoms. The van der Waals surface area contributed by atoms with Crippen molar-refractivity contribution in [2.75, 3.05) is 13.1 Å². The van der Waals surface area contributed by atoms with E-state index in [1.807, 2.05) is 22.9 Å². The molecule has 7 heteroatoms. The van der Waals surface area contributed by atoms with Crippen LogP contribution in [0.1, 0.15) is 52.4 Å². The van der Waals surface area contributed by atoms with Crippen molar-refractivity contribution in [1.82, 2.24) is 14.2 Å². The molecule has 1 saturated heterocycles. The van der Waals surface area contributed by atoms with Gasteiger partial charge in [-0.1, -0.05) is 26.7 Å². The summed E-state index contributed by atoms with van der Waals surface area (Å²) in [6.07, 6.45) is 7.72. The Labute approximate surface area is 179 Å². The van der Waals surface area contributed by atoms with Crippen LogP contribution in [0.2, 0.25) is 0 Å². The van der Waals surface area contributed by atoms with Gasteiger partial charge in [-0.05, 0) is 55.4 Å². The summed E-state index contributed by atoms with van der Waals surface area (Å²) < 4.78 is 29.2. The fourth-order valence-corrected chi connectivity index (χ4v) is 6.45. The zero-order valence-electron chi connectivity index (χ0n) is 18.0. The molecule has 1 aliphatic heterocycles. The molecule has 3 unspecified atom stereocenters. The molecule has 2 heterocycles. The van der Waals surface area contributed by atoms with Crippen molar-refractivity contribution in [2.45, 2.75) is 69.9 Å². The smallest absolute Gasteiger partial charge is 0.243 e. The van der Waals surface area contributed by atoms with Crippen LogP contribution in [0.4, 0.5) is 0 Å². The third kappa shape index (κ3) is 4.28. The molecule has 2 aliphatic rings. The van der Waals surface area contributed by atoms with Crippen LogP contribution in [-0.2, 0) is 21.4 Å². The fraction of sp³-hybridized carbons (Fsp3) is 0.609. The van der Waals surface area contributed by atoms with Crippen LogP contribution < -0.4 is 5.32 Å². The molecule has 1 aliphatic carbocycles. The summed E-state index contributed by atoms with van der Waals surface area (Å²) in [5.74, 6) is 1.27. The molecular weight excluding hydrogens is 398 g/mol. The Hall–Kier alpha value is -1.86. The van der Waals surface area contributed by atoms with Crippen molar-refractivity contribution in [2.24, 2.45) is 11.8 Å². The molecule has 1 aromatic carbocycles. The predicted octanol–water partition coefficient (Wildman–Crippen LogP) is 3.76. The Bertz CT molecular complexity index is 1010. The zero-order valence-corrected chi connectivity index (χ0v) is 18.8. The van der Waals surface area contributed by atoms with Gasteiger partial charge in [0.05, 0.1) is 4.90 Å². The van der Waals surface area contributed by atoms with Crippen molar-refractivity contribution in [3.63, 3.8) is 0 Å². The van der Waals surface area contributed by atoms with Gasteiger partial charge in [-0.2, -0.15) is 4.31 Å². The molecule has 3 atom stereocenters. The minimum absolute atomic E-state index is 0.0935. The summed E-state index contributed by atoms with van der Waals surface area (Å²) >= 11 is 0. The topological polar surface area (TPSA) is 71.4 Å². The maximum atomic E-state index is 12.8. The number of fused-ring (bicyclic) bond motifs is 1. The van der Waals surface area contributed by atoms with Gasteiger partial charge in [0.25, 0.3) is 0 Å². The van der Waals surface area contributed by atoms with E-state index in [9.17, 15) is 13.2 Å². The molecule has 0 radical (unpaired) electrons. The van der Waals surface area contributed by atoms with E-state index in [-0.39, 0.29) is 11.9 Å². The number of nitrogens with one attached hydrogen (secondary N) is 1. The first kappa shape index (κ1) is 21.4. The Morgan fingerprint density at radius 1 is 1.10 bits per heavy atom. The summed E-state index contributed by atoms with van der Waals surface area (Å²) in [5, 5.41) is 4.13. The number of carbonyl (C=O) groups is 1. The van der Waals surface area contributed by atoms with E-state index in [4.69, 9.17) is 0 Å². The number of sulfonamides is 1. The first-order chi connectivity index (χ1) is 14.4. The highest BCUT2D eigenvalue weighted by atomic mass is 32.2. The maximum Gasteiger partial charge on any atom is 0.243 e. The van der Waals surface area contributed by atoms with Crippen LogP contribution in [0.3, 0.4) is 0 Å². The van der Waals surface area contributed by atoms with E-state index in [1.165, 1.54) is 12.8 Å².